The SMILES string of the molecule is C#CC=CC(=CC)CC(C)CC(=O)CC(=N)C(=O)COc1ccccc1. The number of Topliss-reactive ketones (excluding diaryl/α,β-unsaturated/α-hetero) is 2. The standard InChI is InChI=1S/C22H25NO3/c1-4-6-10-18(5-2)13-17(3)14-19(24)15-21(23)22(25)16-26-20-11-8-7-9-12-20/h1,5-12,17,23H,13-16H2,2-3H3. The Labute approximate surface area is 155 Å². The highest BCUT2D eigenvalue weighted by Crippen LogP contribution is 2.17. The van der Waals surface area contributed by atoms with Crippen molar-refractivity contribution in [2.75, 3.05) is 6.61 Å². The Bertz CT molecular complexity index is 724. The maximum Gasteiger partial charge on any atom is 0.214 e. The van der Waals surface area contributed by atoms with E-state index in [4.69, 9.17) is 16.6 Å². The molecule has 0 spiro atoms. The van der Waals surface area contributed by atoms with Crippen molar-refractivity contribution in [1.82, 2.24) is 0 Å². The molecule has 0 fully saturated rings. The quantitative estimate of drug-likeness (QED) is 0.370. The van der Waals surface area contributed by atoms with E-state index in [-0.39, 0.29) is 30.4 Å². The Balaban J connectivity index is 2.41. The van der Waals surface area contributed by atoms with Crippen LogP contribution in [0.3, 0.4) is 0 Å². The van der Waals surface area contributed by atoms with Gasteiger partial charge in [0.25, 0.3) is 0 Å². The second kappa shape index (κ2) is 11.6. The zero-order chi connectivity index (χ0) is 19.4. The van der Waals surface area contributed by atoms with Gasteiger partial charge >= 0.3 is 0 Å². The van der Waals surface area contributed by atoms with E-state index in [2.05, 4.69) is 5.92 Å². The molecule has 1 unspecified atom stereocenters. The molecular weight excluding hydrogens is 326 g/mol. The van der Waals surface area contributed by atoms with Crippen LogP contribution in [0.5, 0.6) is 5.75 Å². The highest BCUT2D eigenvalue weighted by atomic mass is 16.5. The molecule has 0 amide bonds. The normalized spacial score (nSPS) is 12.4. The van der Waals surface area contributed by atoms with Crippen LogP contribution in [-0.4, -0.2) is 23.9 Å². The van der Waals surface area contributed by atoms with Gasteiger partial charge in [-0.1, -0.05) is 48.8 Å². The predicted octanol–water partition coefficient (Wildman–Crippen LogP) is 4.17. The van der Waals surface area contributed by atoms with Crippen molar-refractivity contribution < 1.29 is 14.3 Å². The predicted molar refractivity (Wildman–Crippen MR) is 104 cm³/mol. The van der Waals surface area contributed by atoms with Gasteiger partial charge in [0.2, 0.25) is 5.78 Å². The van der Waals surface area contributed by atoms with E-state index < -0.39 is 5.78 Å². The molecule has 4 heteroatoms. The molecular formula is C22H25NO3. The Kier molecular flexibility index (Phi) is 9.42. The Morgan fingerprint density at radius 3 is 2.58 bits per heavy atom. The highest BCUT2D eigenvalue weighted by Gasteiger charge is 2.17. The minimum absolute atomic E-state index is 0.111. The maximum atomic E-state index is 12.1. The molecule has 0 saturated heterocycles. The maximum absolute atomic E-state index is 12.1. The summed E-state index contributed by atoms with van der Waals surface area (Å²) in [5, 5.41) is 7.81. The highest BCUT2D eigenvalue weighted by molar-refractivity contribution is 6.42. The van der Waals surface area contributed by atoms with Crippen molar-refractivity contribution in [3.8, 4) is 18.1 Å². The van der Waals surface area contributed by atoms with E-state index in [1.807, 2.05) is 32.1 Å². The fraction of sp³-hybridized carbons (Fsp3) is 0.318. The molecule has 1 aromatic rings. The fourth-order valence-corrected chi connectivity index (χ4v) is 2.42. The van der Waals surface area contributed by atoms with Gasteiger partial charge in [-0.05, 0) is 37.5 Å². The largest absolute Gasteiger partial charge is 0.485 e. The molecule has 0 aliphatic heterocycles. The summed E-state index contributed by atoms with van der Waals surface area (Å²) in [6, 6.07) is 8.91. The van der Waals surface area contributed by atoms with Gasteiger partial charge in [0, 0.05) is 6.42 Å². The minimum atomic E-state index is -0.471. The molecule has 4 nitrogen and oxygen atoms in total. The van der Waals surface area contributed by atoms with E-state index in [0.717, 1.165) is 12.0 Å². The van der Waals surface area contributed by atoms with Gasteiger partial charge in [-0.3, -0.25) is 9.59 Å². The number of carbonyl (C=O) groups is 2. The molecule has 136 valence electrons. The third-order valence-corrected chi connectivity index (χ3v) is 3.75. The second-order valence-corrected chi connectivity index (χ2v) is 6.10. The van der Waals surface area contributed by atoms with Gasteiger partial charge in [-0.15, -0.1) is 6.42 Å². The molecule has 0 aliphatic rings. The zero-order valence-corrected chi connectivity index (χ0v) is 15.3. The van der Waals surface area contributed by atoms with E-state index in [0.29, 0.717) is 12.2 Å². The van der Waals surface area contributed by atoms with Crippen LogP contribution in [0.25, 0.3) is 0 Å². The van der Waals surface area contributed by atoms with Crippen LogP contribution in [0.2, 0.25) is 0 Å². The number of hydrogen-bond acceptors (Lipinski definition) is 4. The third-order valence-electron chi connectivity index (χ3n) is 3.75. The smallest absolute Gasteiger partial charge is 0.214 e. The van der Waals surface area contributed by atoms with Crippen molar-refractivity contribution >= 4 is 17.3 Å². The molecule has 1 atom stereocenters. The van der Waals surface area contributed by atoms with Gasteiger partial charge < -0.3 is 10.1 Å². The van der Waals surface area contributed by atoms with Crippen molar-refractivity contribution in [2.45, 2.75) is 33.1 Å². The second-order valence-electron chi connectivity index (χ2n) is 6.10. The van der Waals surface area contributed by atoms with Gasteiger partial charge in [-0.2, -0.15) is 0 Å². The van der Waals surface area contributed by atoms with Crippen LogP contribution in [-0.2, 0) is 9.59 Å². The molecule has 1 aromatic carbocycles. The fourth-order valence-electron chi connectivity index (χ4n) is 2.42. The molecule has 0 aromatic heterocycles. The van der Waals surface area contributed by atoms with Crippen molar-refractivity contribution in [3.05, 3.63) is 54.1 Å². The monoisotopic (exact) mass is 351 g/mol. The number of ketones is 2. The Hall–Kier alpha value is -2.93. The lowest BCUT2D eigenvalue weighted by molar-refractivity contribution is -0.120. The number of benzene rings is 1. The molecule has 0 saturated carbocycles. The summed E-state index contributed by atoms with van der Waals surface area (Å²) >= 11 is 0. The number of ether oxygens (including phenoxy) is 1. The summed E-state index contributed by atoms with van der Waals surface area (Å²) in [7, 11) is 0. The van der Waals surface area contributed by atoms with Gasteiger partial charge in [-0.25, -0.2) is 0 Å². The number of terminal acetylenes is 1. The Morgan fingerprint density at radius 2 is 1.96 bits per heavy atom. The average Bonchev–Trinajstić information content (AvgIpc) is 2.63. The first-order chi connectivity index (χ1) is 12.5. The molecule has 0 radical (unpaired) electrons. The zero-order valence-electron chi connectivity index (χ0n) is 15.3. The van der Waals surface area contributed by atoms with Gasteiger partial charge in [0.05, 0.1) is 12.1 Å². The lowest BCUT2D eigenvalue weighted by Crippen LogP contribution is -2.24. The first kappa shape index (κ1) is 21.1. The lowest BCUT2D eigenvalue weighted by atomic mass is 9.93. The van der Waals surface area contributed by atoms with E-state index in [1.165, 1.54) is 0 Å². The van der Waals surface area contributed by atoms with Crippen LogP contribution < -0.4 is 4.74 Å². The topological polar surface area (TPSA) is 67.2 Å². The minimum Gasteiger partial charge on any atom is -0.485 e. The van der Waals surface area contributed by atoms with Crippen molar-refractivity contribution in [1.29, 1.82) is 5.41 Å². The number of carbonyl (C=O) groups excluding carboxylic acids is 2. The first-order valence-electron chi connectivity index (χ1n) is 8.54. The number of hydrogen-bond donors (Lipinski definition) is 1. The molecule has 0 bridgehead atoms. The van der Waals surface area contributed by atoms with Crippen LogP contribution in [0.15, 0.2) is 54.1 Å². The Morgan fingerprint density at radius 1 is 1.27 bits per heavy atom. The van der Waals surface area contributed by atoms with Crippen LogP contribution in [0.4, 0.5) is 0 Å². The summed E-state index contributed by atoms with van der Waals surface area (Å²) in [5.74, 6) is 2.53. The van der Waals surface area contributed by atoms with Gasteiger partial charge in [0.1, 0.15) is 11.5 Å². The molecule has 26 heavy (non-hydrogen) atoms. The molecule has 1 N–H and O–H groups in total. The van der Waals surface area contributed by atoms with E-state index in [1.54, 1.807) is 30.3 Å². The third kappa shape index (κ3) is 8.25. The summed E-state index contributed by atoms with van der Waals surface area (Å²) in [6.45, 7) is 3.66. The summed E-state index contributed by atoms with van der Waals surface area (Å²) in [4.78, 5) is 24.1. The lowest BCUT2D eigenvalue weighted by Gasteiger charge is -2.11. The van der Waals surface area contributed by atoms with Crippen LogP contribution in [0, 0.1) is 23.7 Å². The van der Waals surface area contributed by atoms with E-state index >= 15 is 0 Å². The molecule has 0 heterocycles. The molecule has 0 aliphatic carbocycles. The van der Waals surface area contributed by atoms with Crippen LogP contribution >= 0.6 is 0 Å². The summed E-state index contributed by atoms with van der Waals surface area (Å²) in [5.41, 5.74) is 0.849. The van der Waals surface area contributed by atoms with Gasteiger partial charge in [0.15, 0.2) is 6.61 Å². The van der Waals surface area contributed by atoms with Crippen molar-refractivity contribution in [3.63, 3.8) is 0 Å². The van der Waals surface area contributed by atoms with Crippen LogP contribution in [0.1, 0.15) is 33.1 Å². The summed E-state index contributed by atoms with van der Waals surface area (Å²) in [6.07, 6.45) is 11.5. The van der Waals surface area contributed by atoms with E-state index in [9.17, 15) is 9.59 Å². The molecule has 1 rings (SSSR count). The number of rotatable bonds is 11. The van der Waals surface area contributed by atoms with Crippen molar-refractivity contribution in [2.24, 2.45) is 5.92 Å². The number of para-hydroxylation sites is 1. The average molecular weight is 351 g/mol. The number of allylic oxidation sites excluding steroid dienone is 4. The first-order valence-corrected chi connectivity index (χ1v) is 8.54. The number of nitrogens with one attached hydrogen (secondary N) is 1. The summed E-state index contributed by atoms with van der Waals surface area (Å²) < 4.78 is 5.32.